The van der Waals surface area contributed by atoms with Gasteiger partial charge in [0.05, 0.1) is 16.1 Å². The number of amides is 1. The van der Waals surface area contributed by atoms with E-state index in [-0.39, 0.29) is 17.6 Å². The summed E-state index contributed by atoms with van der Waals surface area (Å²) in [6, 6.07) is 4.68. The SMILES string of the molecule is O=C(c1cccc(Br)c1F)N1CCC(O)CC1. The number of aliphatic hydroxyl groups excluding tert-OH is 1. The highest BCUT2D eigenvalue weighted by Gasteiger charge is 2.24. The van der Waals surface area contributed by atoms with Crippen molar-refractivity contribution in [1.29, 1.82) is 0 Å². The number of halogens is 2. The smallest absolute Gasteiger partial charge is 0.256 e. The van der Waals surface area contributed by atoms with Gasteiger partial charge in [0.2, 0.25) is 0 Å². The topological polar surface area (TPSA) is 40.5 Å². The summed E-state index contributed by atoms with van der Waals surface area (Å²) < 4.78 is 14.0. The lowest BCUT2D eigenvalue weighted by molar-refractivity contribution is 0.0542. The Bertz CT molecular complexity index is 431. The molecule has 0 unspecified atom stereocenters. The number of nitrogens with zero attached hydrogens (tertiary/aromatic N) is 1. The summed E-state index contributed by atoms with van der Waals surface area (Å²) in [6.07, 6.45) is 0.773. The molecule has 1 aromatic carbocycles. The first-order valence-electron chi connectivity index (χ1n) is 5.51. The van der Waals surface area contributed by atoms with Gasteiger partial charge in [-0.05, 0) is 40.9 Å². The molecule has 0 bridgehead atoms. The zero-order chi connectivity index (χ0) is 12.4. The van der Waals surface area contributed by atoms with Crippen molar-refractivity contribution in [2.45, 2.75) is 18.9 Å². The number of piperidine rings is 1. The Morgan fingerprint density at radius 2 is 2.06 bits per heavy atom. The van der Waals surface area contributed by atoms with Crippen molar-refractivity contribution >= 4 is 21.8 Å². The molecule has 0 spiro atoms. The molecule has 1 fully saturated rings. The van der Waals surface area contributed by atoms with Crippen LogP contribution in [0.2, 0.25) is 0 Å². The van der Waals surface area contributed by atoms with Crippen LogP contribution < -0.4 is 0 Å². The summed E-state index contributed by atoms with van der Waals surface area (Å²) in [7, 11) is 0. The van der Waals surface area contributed by atoms with Crippen LogP contribution in [0.3, 0.4) is 0 Å². The van der Waals surface area contributed by atoms with Crippen LogP contribution in [0, 0.1) is 5.82 Å². The van der Waals surface area contributed by atoms with E-state index in [9.17, 15) is 14.3 Å². The Morgan fingerprint density at radius 3 is 2.71 bits per heavy atom. The molecule has 92 valence electrons. The molecule has 1 amide bonds. The Hall–Kier alpha value is -0.940. The van der Waals surface area contributed by atoms with Crippen molar-refractivity contribution in [1.82, 2.24) is 4.90 Å². The zero-order valence-corrected chi connectivity index (χ0v) is 10.8. The quantitative estimate of drug-likeness (QED) is 0.864. The normalized spacial score (nSPS) is 17.2. The molecule has 1 heterocycles. The van der Waals surface area contributed by atoms with Crippen molar-refractivity contribution in [3.8, 4) is 0 Å². The van der Waals surface area contributed by atoms with Crippen molar-refractivity contribution in [3.63, 3.8) is 0 Å². The van der Waals surface area contributed by atoms with Crippen LogP contribution in [0.4, 0.5) is 4.39 Å². The second kappa shape index (κ2) is 5.14. The van der Waals surface area contributed by atoms with Gasteiger partial charge in [-0.3, -0.25) is 4.79 Å². The van der Waals surface area contributed by atoms with Crippen molar-refractivity contribution in [2.75, 3.05) is 13.1 Å². The third-order valence-electron chi connectivity index (χ3n) is 2.93. The molecule has 0 radical (unpaired) electrons. The minimum atomic E-state index is -0.524. The summed E-state index contributed by atoms with van der Waals surface area (Å²) in [5.74, 6) is -0.834. The Morgan fingerprint density at radius 1 is 1.41 bits per heavy atom. The maximum absolute atomic E-state index is 13.7. The molecule has 17 heavy (non-hydrogen) atoms. The predicted octanol–water partition coefficient (Wildman–Crippen LogP) is 2.19. The largest absolute Gasteiger partial charge is 0.393 e. The molecule has 0 aliphatic carbocycles. The molecule has 1 aromatic rings. The van der Waals surface area contributed by atoms with E-state index in [2.05, 4.69) is 15.9 Å². The van der Waals surface area contributed by atoms with Crippen molar-refractivity contribution in [2.24, 2.45) is 0 Å². The van der Waals surface area contributed by atoms with Gasteiger partial charge in [0.1, 0.15) is 5.82 Å². The van der Waals surface area contributed by atoms with Crippen LogP contribution in [-0.2, 0) is 0 Å². The molecule has 5 heteroatoms. The number of hydrogen-bond acceptors (Lipinski definition) is 2. The highest BCUT2D eigenvalue weighted by molar-refractivity contribution is 9.10. The molecular formula is C12H13BrFNO2. The number of carbonyl (C=O) groups excluding carboxylic acids is 1. The van der Waals surface area contributed by atoms with Gasteiger partial charge in [0.15, 0.2) is 0 Å². The average Bonchev–Trinajstić information content (AvgIpc) is 2.33. The van der Waals surface area contributed by atoms with Gasteiger partial charge in [0, 0.05) is 13.1 Å². The van der Waals surface area contributed by atoms with Crippen molar-refractivity contribution < 1.29 is 14.3 Å². The first-order chi connectivity index (χ1) is 8.09. The fraction of sp³-hybridized carbons (Fsp3) is 0.417. The second-order valence-corrected chi connectivity index (χ2v) is 4.98. The van der Waals surface area contributed by atoms with Crippen molar-refractivity contribution in [3.05, 3.63) is 34.1 Å². The minimum absolute atomic E-state index is 0.0794. The van der Waals surface area contributed by atoms with Gasteiger partial charge in [-0.2, -0.15) is 0 Å². The molecule has 0 atom stereocenters. The predicted molar refractivity (Wildman–Crippen MR) is 65.2 cm³/mol. The molecule has 2 rings (SSSR count). The third-order valence-corrected chi connectivity index (χ3v) is 3.55. The molecule has 1 saturated heterocycles. The van der Waals surface area contributed by atoms with E-state index < -0.39 is 5.82 Å². The molecule has 1 N–H and O–H groups in total. The first-order valence-corrected chi connectivity index (χ1v) is 6.30. The average molecular weight is 302 g/mol. The maximum atomic E-state index is 13.7. The van der Waals surface area contributed by atoms with Crippen LogP contribution in [0.25, 0.3) is 0 Å². The summed E-state index contributed by atoms with van der Waals surface area (Å²) in [5, 5.41) is 9.36. The Balaban J connectivity index is 2.17. The minimum Gasteiger partial charge on any atom is -0.393 e. The number of aliphatic hydroxyl groups is 1. The van der Waals surface area contributed by atoms with E-state index in [1.807, 2.05) is 0 Å². The van der Waals surface area contributed by atoms with E-state index in [0.29, 0.717) is 30.4 Å². The Kier molecular flexibility index (Phi) is 3.79. The zero-order valence-electron chi connectivity index (χ0n) is 9.20. The lowest BCUT2D eigenvalue weighted by atomic mass is 10.1. The molecule has 1 aliphatic rings. The third kappa shape index (κ3) is 2.66. The number of hydrogen-bond donors (Lipinski definition) is 1. The van der Waals surface area contributed by atoms with E-state index in [0.717, 1.165) is 0 Å². The molecule has 3 nitrogen and oxygen atoms in total. The van der Waals surface area contributed by atoms with E-state index in [1.54, 1.807) is 17.0 Å². The number of likely N-dealkylation sites (tertiary alicyclic amines) is 1. The van der Waals surface area contributed by atoms with Crippen LogP contribution in [0.15, 0.2) is 22.7 Å². The van der Waals surface area contributed by atoms with E-state index >= 15 is 0 Å². The summed E-state index contributed by atoms with van der Waals surface area (Å²) in [6.45, 7) is 0.956. The maximum Gasteiger partial charge on any atom is 0.256 e. The van der Waals surface area contributed by atoms with Gasteiger partial charge < -0.3 is 10.0 Å². The van der Waals surface area contributed by atoms with Crippen LogP contribution >= 0.6 is 15.9 Å². The van der Waals surface area contributed by atoms with Crippen LogP contribution in [0.5, 0.6) is 0 Å². The fourth-order valence-corrected chi connectivity index (χ4v) is 2.27. The molecule has 0 aromatic heterocycles. The standard InChI is InChI=1S/C12H13BrFNO2/c13-10-3-1-2-9(11(10)14)12(17)15-6-4-8(16)5-7-15/h1-3,8,16H,4-7H2. The first kappa shape index (κ1) is 12.5. The van der Waals surface area contributed by atoms with Crippen LogP contribution in [0.1, 0.15) is 23.2 Å². The van der Waals surface area contributed by atoms with Gasteiger partial charge in [-0.15, -0.1) is 0 Å². The van der Waals surface area contributed by atoms with E-state index in [1.165, 1.54) is 6.07 Å². The second-order valence-electron chi connectivity index (χ2n) is 4.12. The number of carbonyl (C=O) groups is 1. The molecule has 0 saturated carbocycles. The highest BCUT2D eigenvalue weighted by atomic mass is 79.9. The van der Waals surface area contributed by atoms with Gasteiger partial charge >= 0.3 is 0 Å². The number of benzene rings is 1. The van der Waals surface area contributed by atoms with Gasteiger partial charge in [-0.1, -0.05) is 6.07 Å². The van der Waals surface area contributed by atoms with Gasteiger partial charge in [0.25, 0.3) is 5.91 Å². The summed E-state index contributed by atoms with van der Waals surface area (Å²) in [4.78, 5) is 13.6. The van der Waals surface area contributed by atoms with E-state index in [4.69, 9.17) is 0 Å². The summed E-state index contributed by atoms with van der Waals surface area (Å²) >= 11 is 3.06. The monoisotopic (exact) mass is 301 g/mol. The lowest BCUT2D eigenvalue weighted by Crippen LogP contribution is -2.40. The number of rotatable bonds is 1. The Labute approximate surface area is 107 Å². The fourth-order valence-electron chi connectivity index (χ4n) is 1.91. The lowest BCUT2D eigenvalue weighted by Gasteiger charge is -2.29. The molecular weight excluding hydrogens is 289 g/mol. The van der Waals surface area contributed by atoms with Crippen LogP contribution in [-0.4, -0.2) is 35.1 Å². The summed E-state index contributed by atoms with van der Waals surface area (Å²) in [5.41, 5.74) is 0.0794. The highest BCUT2D eigenvalue weighted by Crippen LogP contribution is 2.21. The molecule has 1 aliphatic heterocycles. The van der Waals surface area contributed by atoms with Gasteiger partial charge in [-0.25, -0.2) is 4.39 Å².